The van der Waals surface area contributed by atoms with Gasteiger partial charge in [0.2, 0.25) is 0 Å². The maximum absolute atomic E-state index is 11.2. The monoisotopic (exact) mass is 454 g/mol. The summed E-state index contributed by atoms with van der Waals surface area (Å²) in [4.78, 5) is 4.68. The Kier molecular flexibility index (Phi) is 5.07. The Balaban J connectivity index is 1.24. The molecule has 7 nitrogen and oxygen atoms in total. The van der Waals surface area contributed by atoms with Crippen LogP contribution in [-0.4, -0.2) is 29.1 Å². The van der Waals surface area contributed by atoms with Crippen LogP contribution >= 0.6 is 0 Å². The zero-order chi connectivity index (χ0) is 23.1. The smallest absolute Gasteiger partial charge is 0.161 e. The third-order valence-corrected chi connectivity index (χ3v) is 6.39. The van der Waals surface area contributed by atoms with Crippen molar-refractivity contribution in [2.45, 2.75) is 37.4 Å². The Morgan fingerprint density at radius 1 is 1.12 bits per heavy atom. The zero-order valence-corrected chi connectivity index (χ0v) is 18.3. The number of rotatable bonds is 5. The summed E-state index contributed by atoms with van der Waals surface area (Å²) in [7, 11) is 0. The number of pyridine rings is 1. The van der Waals surface area contributed by atoms with E-state index in [1.54, 1.807) is 6.26 Å². The lowest BCUT2D eigenvalue weighted by atomic mass is 9.87. The van der Waals surface area contributed by atoms with E-state index in [0.29, 0.717) is 47.9 Å². The van der Waals surface area contributed by atoms with E-state index >= 15 is 0 Å². The minimum absolute atomic E-state index is 0.104. The van der Waals surface area contributed by atoms with Crippen LogP contribution in [0.5, 0.6) is 5.75 Å². The van der Waals surface area contributed by atoms with E-state index in [2.05, 4.69) is 11.1 Å². The molecule has 2 bridgehead atoms. The van der Waals surface area contributed by atoms with Crippen LogP contribution in [0.2, 0.25) is 0 Å². The average Bonchev–Trinajstić information content (AvgIpc) is 3.52. The molecule has 3 atom stereocenters. The van der Waals surface area contributed by atoms with Gasteiger partial charge in [0, 0.05) is 18.4 Å². The molecule has 34 heavy (non-hydrogen) atoms. The van der Waals surface area contributed by atoms with Crippen LogP contribution in [0.25, 0.3) is 22.1 Å². The number of aromatic nitrogens is 1. The number of hydrogen-bond acceptors (Lipinski definition) is 7. The topological polar surface area (TPSA) is 97.7 Å². The summed E-state index contributed by atoms with van der Waals surface area (Å²) in [6, 6.07) is 21.0. The van der Waals surface area contributed by atoms with Gasteiger partial charge in [-0.25, -0.2) is 0 Å². The lowest BCUT2D eigenvalue weighted by Crippen LogP contribution is -2.40. The summed E-state index contributed by atoms with van der Waals surface area (Å²) in [5.41, 5.74) is 1.67. The van der Waals surface area contributed by atoms with Crippen molar-refractivity contribution < 1.29 is 23.7 Å². The Bertz CT molecular complexity index is 1380. The van der Waals surface area contributed by atoms with Crippen LogP contribution < -0.4 is 4.74 Å². The van der Waals surface area contributed by atoms with Gasteiger partial charge in [-0.05, 0) is 65.4 Å². The van der Waals surface area contributed by atoms with E-state index in [0.717, 1.165) is 16.3 Å². The van der Waals surface area contributed by atoms with E-state index in [-0.39, 0.29) is 19.0 Å². The van der Waals surface area contributed by atoms with Crippen LogP contribution in [0.3, 0.4) is 0 Å². The molecule has 7 heteroatoms. The first-order valence-electron chi connectivity index (χ1n) is 11.2. The summed E-state index contributed by atoms with van der Waals surface area (Å²) < 4.78 is 22.8. The number of nitriles is 1. The summed E-state index contributed by atoms with van der Waals surface area (Å²) in [6.45, 7) is 0.755. The Labute approximate surface area is 196 Å². The number of benzene rings is 2. The minimum atomic E-state index is -1.07. The predicted molar refractivity (Wildman–Crippen MR) is 123 cm³/mol. The summed E-state index contributed by atoms with van der Waals surface area (Å²) in [6.07, 6.45) is 1.96. The quantitative estimate of drug-likeness (QED) is 0.468. The highest BCUT2D eigenvalue weighted by atomic mass is 16.7. The maximum Gasteiger partial charge on any atom is 0.161 e. The number of ether oxygens (including phenoxy) is 3. The number of furan rings is 1. The van der Waals surface area contributed by atoms with Gasteiger partial charge in [-0.15, -0.1) is 0 Å². The van der Waals surface area contributed by atoms with Gasteiger partial charge in [-0.3, -0.25) is 4.98 Å². The highest BCUT2D eigenvalue weighted by molar-refractivity contribution is 5.97. The molecule has 4 heterocycles. The van der Waals surface area contributed by atoms with Gasteiger partial charge in [0.1, 0.15) is 23.7 Å². The Morgan fingerprint density at radius 2 is 2.06 bits per heavy atom. The van der Waals surface area contributed by atoms with E-state index in [1.165, 1.54) is 0 Å². The second-order valence-corrected chi connectivity index (χ2v) is 8.76. The largest absolute Gasteiger partial charge is 0.487 e. The van der Waals surface area contributed by atoms with E-state index in [4.69, 9.17) is 18.6 Å². The third kappa shape index (κ3) is 3.82. The van der Waals surface area contributed by atoms with Crippen molar-refractivity contribution >= 4 is 10.8 Å². The third-order valence-electron chi connectivity index (χ3n) is 6.39. The van der Waals surface area contributed by atoms with Crippen molar-refractivity contribution in [3.63, 3.8) is 0 Å². The molecule has 2 aliphatic heterocycles. The fourth-order valence-electron chi connectivity index (χ4n) is 4.78. The fraction of sp³-hybridized carbons (Fsp3) is 0.259. The molecule has 6 rings (SSSR count). The zero-order valence-electron chi connectivity index (χ0n) is 18.3. The first-order chi connectivity index (χ1) is 16.6. The van der Waals surface area contributed by atoms with Crippen LogP contribution in [0.15, 0.2) is 71.3 Å². The van der Waals surface area contributed by atoms with Gasteiger partial charge in [-0.1, -0.05) is 6.07 Å². The van der Waals surface area contributed by atoms with Crippen LogP contribution in [0, 0.1) is 11.3 Å². The summed E-state index contributed by atoms with van der Waals surface area (Å²) >= 11 is 0. The molecule has 4 aromatic rings. The fourth-order valence-corrected chi connectivity index (χ4v) is 4.78. The summed E-state index contributed by atoms with van der Waals surface area (Å²) in [5, 5.41) is 22.5. The molecule has 1 N–H and O–H groups in total. The van der Waals surface area contributed by atoms with E-state index < -0.39 is 5.60 Å². The lowest BCUT2D eigenvalue weighted by molar-refractivity contribution is -0.160. The van der Waals surface area contributed by atoms with Crippen LogP contribution in [-0.2, 0) is 21.7 Å². The molecule has 170 valence electrons. The first kappa shape index (κ1) is 20.9. The van der Waals surface area contributed by atoms with Crippen molar-refractivity contribution in [1.29, 1.82) is 5.26 Å². The van der Waals surface area contributed by atoms with E-state index in [1.807, 2.05) is 60.7 Å². The Hall–Kier alpha value is -3.70. The SMILES string of the molecule is N#Cc1cc(-c2ccco2)c2ccc(OCc3cccc([C@@]4(O)C[C@H]5CO[C@@H](C4)O5)n3)cc2c1. The molecule has 2 fully saturated rings. The van der Waals surface area contributed by atoms with Gasteiger partial charge in [0.15, 0.2) is 6.29 Å². The van der Waals surface area contributed by atoms with Crippen molar-refractivity contribution in [3.8, 4) is 23.1 Å². The molecule has 0 radical (unpaired) electrons. The predicted octanol–water partition coefficient (Wildman–Crippen LogP) is 4.67. The number of fused-ring (bicyclic) bond motifs is 3. The first-order valence-corrected chi connectivity index (χ1v) is 11.2. The van der Waals surface area contributed by atoms with Gasteiger partial charge in [0.25, 0.3) is 0 Å². The molecule has 0 amide bonds. The van der Waals surface area contributed by atoms with Gasteiger partial charge in [0.05, 0.1) is 42.0 Å². The van der Waals surface area contributed by atoms with Crippen molar-refractivity contribution in [2.24, 2.45) is 0 Å². The number of aliphatic hydroxyl groups is 1. The van der Waals surface area contributed by atoms with Crippen molar-refractivity contribution in [2.75, 3.05) is 6.61 Å². The molecule has 0 saturated carbocycles. The molecular formula is C27H22N2O5. The summed E-state index contributed by atoms with van der Waals surface area (Å²) in [5.74, 6) is 1.37. The lowest BCUT2D eigenvalue weighted by Gasteiger charge is -2.34. The highest BCUT2D eigenvalue weighted by Gasteiger charge is 2.46. The molecule has 2 saturated heterocycles. The second-order valence-electron chi connectivity index (χ2n) is 8.76. The molecular weight excluding hydrogens is 432 g/mol. The molecule has 2 aromatic carbocycles. The highest BCUT2D eigenvalue weighted by Crippen LogP contribution is 2.40. The van der Waals surface area contributed by atoms with Crippen LogP contribution in [0.4, 0.5) is 0 Å². The standard InChI is InChI=1S/C27H22N2O5/c28-14-17-9-18-11-20(6-7-22(18)23(10-17)24-4-2-8-31-24)32-15-19-3-1-5-25(29-19)27(30)12-21-16-33-26(13-27)34-21/h1-11,21,26,30H,12-13,15-16H2/t21-,26+,27+/m0/s1. The van der Waals surface area contributed by atoms with E-state index in [9.17, 15) is 10.4 Å². The molecule has 0 unspecified atom stereocenters. The normalized spacial score (nSPS) is 23.6. The van der Waals surface area contributed by atoms with Crippen molar-refractivity contribution in [1.82, 2.24) is 4.98 Å². The maximum atomic E-state index is 11.2. The van der Waals surface area contributed by atoms with Crippen molar-refractivity contribution in [3.05, 3.63) is 83.9 Å². The Morgan fingerprint density at radius 3 is 2.88 bits per heavy atom. The van der Waals surface area contributed by atoms with Crippen LogP contribution in [0.1, 0.15) is 29.8 Å². The van der Waals surface area contributed by atoms with Gasteiger partial charge < -0.3 is 23.7 Å². The van der Waals surface area contributed by atoms with Gasteiger partial charge >= 0.3 is 0 Å². The number of hydrogen-bond donors (Lipinski definition) is 1. The average molecular weight is 454 g/mol. The number of nitrogens with zero attached hydrogens (tertiary/aromatic N) is 2. The molecule has 2 aromatic heterocycles. The van der Waals surface area contributed by atoms with Gasteiger partial charge in [-0.2, -0.15) is 5.26 Å². The molecule has 0 aliphatic carbocycles. The molecule has 2 aliphatic rings. The minimum Gasteiger partial charge on any atom is -0.487 e. The molecule has 0 spiro atoms. The second kappa shape index (κ2) is 8.26.